The molecule has 1 heteroatoms. The highest BCUT2D eigenvalue weighted by atomic mass is 14.5. The molecule has 0 aliphatic carbocycles. The molecule has 0 aromatic carbocycles. The Morgan fingerprint density at radius 2 is 1.71 bits per heavy atom. The summed E-state index contributed by atoms with van der Waals surface area (Å²) in [5.41, 5.74) is 5.36. The minimum atomic E-state index is 0.771. The fourth-order valence-electron chi connectivity index (χ4n) is 0.539. The summed E-state index contributed by atoms with van der Waals surface area (Å²) in [5.74, 6) is 1.46. The lowest BCUT2D eigenvalue weighted by Crippen LogP contribution is -2.09. The largest absolute Gasteiger partial charge is 0.330 e. The van der Waals surface area contributed by atoms with Gasteiger partial charge in [0.1, 0.15) is 0 Å². The Labute approximate surface area is 45.9 Å². The first-order chi connectivity index (χ1) is 3.35. The Bertz CT molecular complexity index is 25.7. The molecule has 2 N–H and O–H groups in total. The molecule has 1 radical (unpaired) electrons. The normalized spacial score (nSPS) is 10.3. The molecule has 0 unspecified atom stereocenters. The SMILES string of the molecule is CC[C](CC)CN. The summed E-state index contributed by atoms with van der Waals surface area (Å²) in [6, 6.07) is 0. The summed E-state index contributed by atoms with van der Waals surface area (Å²) >= 11 is 0. The Morgan fingerprint density at radius 1 is 1.29 bits per heavy atom. The van der Waals surface area contributed by atoms with Crippen LogP contribution >= 0.6 is 0 Å². The maximum absolute atomic E-state index is 5.36. The van der Waals surface area contributed by atoms with Crippen LogP contribution in [0.4, 0.5) is 0 Å². The number of hydrogen-bond donors (Lipinski definition) is 1. The zero-order valence-corrected chi connectivity index (χ0v) is 5.20. The minimum absolute atomic E-state index is 0.771. The van der Waals surface area contributed by atoms with Crippen LogP contribution in [0.1, 0.15) is 26.7 Å². The number of nitrogens with two attached hydrogens (primary N) is 1. The molecule has 0 rings (SSSR count). The Hall–Kier alpha value is -0.0400. The molecule has 0 fully saturated rings. The summed E-state index contributed by atoms with van der Waals surface area (Å²) < 4.78 is 0. The minimum Gasteiger partial charge on any atom is -0.330 e. The van der Waals surface area contributed by atoms with Crippen molar-refractivity contribution in [3.8, 4) is 0 Å². The molecule has 0 saturated heterocycles. The lowest BCUT2D eigenvalue weighted by atomic mass is 10.0. The highest BCUT2D eigenvalue weighted by Crippen LogP contribution is 2.05. The van der Waals surface area contributed by atoms with Crippen LogP contribution in [0.15, 0.2) is 0 Å². The molecule has 0 heterocycles. The van der Waals surface area contributed by atoms with Crippen molar-refractivity contribution in [2.24, 2.45) is 5.73 Å². The number of hydrogen-bond acceptors (Lipinski definition) is 1. The summed E-state index contributed by atoms with van der Waals surface area (Å²) in [5, 5.41) is 0. The number of rotatable bonds is 3. The molecule has 0 atom stereocenters. The molecule has 0 spiro atoms. The lowest BCUT2D eigenvalue weighted by Gasteiger charge is -2.04. The molecule has 0 amide bonds. The van der Waals surface area contributed by atoms with E-state index in [4.69, 9.17) is 5.73 Å². The van der Waals surface area contributed by atoms with Crippen molar-refractivity contribution in [3.63, 3.8) is 0 Å². The monoisotopic (exact) mass is 100 g/mol. The van der Waals surface area contributed by atoms with Gasteiger partial charge in [-0.3, -0.25) is 0 Å². The maximum atomic E-state index is 5.36. The third kappa shape index (κ3) is 2.63. The van der Waals surface area contributed by atoms with E-state index in [0.29, 0.717) is 0 Å². The van der Waals surface area contributed by atoms with Gasteiger partial charge in [0.25, 0.3) is 0 Å². The van der Waals surface area contributed by atoms with Crippen LogP contribution in [0.5, 0.6) is 0 Å². The maximum Gasteiger partial charge on any atom is -0.00149 e. The molecule has 7 heavy (non-hydrogen) atoms. The van der Waals surface area contributed by atoms with E-state index in [1.165, 1.54) is 5.92 Å². The van der Waals surface area contributed by atoms with Crippen molar-refractivity contribution in [3.05, 3.63) is 5.92 Å². The molecule has 1 nitrogen and oxygen atoms in total. The third-order valence-electron chi connectivity index (χ3n) is 1.29. The summed E-state index contributed by atoms with van der Waals surface area (Å²) in [6.45, 7) is 5.06. The van der Waals surface area contributed by atoms with Crippen molar-refractivity contribution in [2.45, 2.75) is 26.7 Å². The van der Waals surface area contributed by atoms with E-state index < -0.39 is 0 Å². The lowest BCUT2D eigenvalue weighted by molar-refractivity contribution is 0.766. The van der Waals surface area contributed by atoms with Crippen molar-refractivity contribution in [1.29, 1.82) is 0 Å². The van der Waals surface area contributed by atoms with Gasteiger partial charge in [0.2, 0.25) is 0 Å². The second kappa shape index (κ2) is 4.13. The Morgan fingerprint density at radius 3 is 1.71 bits per heavy atom. The first-order valence-electron chi connectivity index (χ1n) is 2.88. The summed E-state index contributed by atoms with van der Waals surface area (Å²) in [6.07, 6.45) is 2.29. The van der Waals surface area contributed by atoms with Crippen LogP contribution in [0.25, 0.3) is 0 Å². The van der Waals surface area contributed by atoms with Gasteiger partial charge >= 0.3 is 0 Å². The molecule has 0 saturated carbocycles. The molecule has 0 aliphatic rings. The highest BCUT2D eigenvalue weighted by molar-refractivity contribution is 4.86. The van der Waals surface area contributed by atoms with E-state index in [1.807, 2.05) is 0 Å². The molecule has 0 aliphatic heterocycles. The summed E-state index contributed by atoms with van der Waals surface area (Å²) in [7, 11) is 0. The zero-order chi connectivity index (χ0) is 5.70. The van der Waals surface area contributed by atoms with E-state index in [2.05, 4.69) is 13.8 Å². The standard InChI is InChI=1S/C6H14N/c1-3-6(4-2)5-7/h3-5,7H2,1-2H3. The van der Waals surface area contributed by atoms with E-state index in [-0.39, 0.29) is 0 Å². The molecule has 0 aromatic heterocycles. The van der Waals surface area contributed by atoms with E-state index in [9.17, 15) is 0 Å². The molecular weight excluding hydrogens is 86.1 g/mol. The highest BCUT2D eigenvalue weighted by Gasteiger charge is 1.96. The van der Waals surface area contributed by atoms with Crippen LogP contribution in [0, 0.1) is 5.92 Å². The van der Waals surface area contributed by atoms with Gasteiger partial charge in [-0.15, -0.1) is 0 Å². The fraction of sp³-hybridized carbons (Fsp3) is 0.833. The predicted octanol–water partition coefficient (Wildman–Crippen LogP) is 1.34. The van der Waals surface area contributed by atoms with E-state index in [0.717, 1.165) is 19.4 Å². The van der Waals surface area contributed by atoms with Gasteiger partial charge in [-0.2, -0.15) is 0 Å². The van der Waals surface area contributed by atoms with Gasteiger partial charge in [0, 0.05) is 0 Å². The van der Waals surface area contributed by atoms with Crippen molar-refractivity contribution in [2.75, 3.05) is 6.54 Å². The summed E-state index contributed by atoms with van der Waals surface area (Å²) in [4.78, 5) is 0. The van der Waals surface area contributed by atoms with Crippen molar-refractivity contribution in [1.82, 2.24) is 0 Å². The van der Waals surface area contributed by atoms with E-state index in [1.54, 1.807) is 0 Å². The topological polar surface area (TPSA) is 26.0 Å². The average molecular weight is 100 g/mol. The van der Waals surface area contributed by atoms with Gasteiger partial charge < -0.3 is 5.73 Å². The van der Waals surface area contributed by atoms with Crippen LogP contribution in [0.3, 0.4) is 0 Å². The quantitative estimate of drug-likeness (QED) is 0.569. The second-order valence-corrected chi connectivity index (χ2v) is 1.66. The van der Waals surface area contributed by atoms with Crippen LogP contribution in [-0.4, -0.2) is 6.54 Å². The predicted molar refractivity (Wildman–Crippen MR) is 32.9 cm³/mol. The van der Waals surface area contributed by atoms with Crippen molar-refractivity contribution >= 4 is 0 Å². The molecule has 0 bridgehead atoms. The Kier molecular flexibility index (Phi) is 4.10. The molecular formula is C6H14N. The van der Waals surface area contributed by atoms with Crippen molar-refractivity contribution < 1.29 is 0 Å². The van der Waals surface area contributed by atoms with E-state index >= 15 is 0 Å². The molecule has 43 valence electrons. The van der Waals surface area contributed by atoms with Crippen LogP contribution in [-0.2, 0) is 0 Å². The zero-order valence-electron chi connectivity index (χ0n) is 5.20. The first kappa shape index (κ1) is 6.96. The van der Waals surface area contributed by atoms with Gasteiger partial charge in [0.15, 0.2) is 0 Å². The van der Waals surface area contributed by atoms with Gasteiger partial charge in [0.05, 0.1) is 0 Å². The smallest absolute Gasteiger partial charge is 0.00149 e. The van der Waals surface area contributed by atoms with Gasteiger partial charge in [-0.25, -0.2) is 0 Å². The van der Waals surface area contributed by atoms with Gasteiger partial charge in [-0.1, -0.05) is 13.8 Å². The first-order valence-corrected chi connectivity index (χ1v) is 2.88. The van der Waals surface area contributed by atoms with Crippen LogP contribution in [0.2, 0.25) is 0 Å². The fourth-order valence-corrected chi connectivity index (χ4v) is 0.539. The second-order valence-electron chi connectivity index (χ2n) is 1.66. The Balaban J connectivity index is 2.99. The van der Waals surface area contributed by atoms with Gasteiger partial charge in [-0.05, 0) is 25.3 Å². The average Bonchev–Trinajstić information content (AvgIpc) is 1.72. The van der Waals surface area contributed by atoms with Crippen LogP contribution < -0.4 is 5.73 Å². The molecule has 0 aromatic rings. The third-order valence-corrected chi connectivity index (χ3v) is 1.29.